The molecule has 0 bridgehead atoms. The zero-order chi connectivity index (χ0) is 9.84. The number of amides is 1. The lowest BCUT2D eigenvalue weighted by molar-refractivity contribution is 0.0939. The number of hydrogen-bond donors (Lipinski definition) is 1. The molecule has 1 amide bonds. The van der Waals surface area contributed by atoms with Gasteiger partial charge >= 0.3 is 0 Å². The van der Waals surface area contributed by atoms with Gasteiger partial charge in [0.1, 0.15) is 5.69 Å². The summed E-state index contributed by atoms with van der Waals surface area (Å²) < 4.78 is 1.57. The fourth-order valence-electron chi connectivity index (χ4n) is 0.984. The second-order valence-corrected chi connectivity index (χ2v) is 3.44. The molecule has 0 aliphatic rings. The van der Waals surface area contributed by atoms with Gasteiger partial charge in [0.2, 0.25) is 0 Å². The maximum Gasteiger partial charge on any atom is 0.269 e. The molecular formula is C9H17N3O. The molecule has 0 aliphatic heterocycles. The summed E-state index contributed by atoms with van der Waals surface area (Å²) in [5.41, 5.74) is 0.598. The van der Waals surface area contributed by atoms with Crippen LogP contribution in [-0.4, -0.2) is 22.2 Å². The number of nitrogens with zero attached hydrogens (tertiary/aromatic N) is 2. The molecule has 1 aromatic rings. The van der Waals surface area contributed by atoms with Gasteiger partial charge in [0, 0.05) is 21.2 Å². The van der Waals surface area contributed by atoms with Gasteiger partial charge in [-0.1, -0.05) is 13.8 Å². The van der Waals surface area contributed by atoms with Crippen molar-refractivity contribution in [1.29, 1.82) is 0 Å². The molecule has 4 heteroatoms. The number of aryl methyl sites for hydroxylation is 1. The van der Waals surface area contributed by atoms with Crippen molar-refractivity contribution in [3.63, 3.8) is 0 Å². The van der Waals surface area contributed by atoms with Crippen LogP contribution in [-0.2, 0) is 7.05 Å². The van der Waals surface area contributed by atoms with Crippen LogP contribution < -0.4 is 5.32 Å². The Morgan fingerprint density at radius 1 is 1.77 bits per heavy atom. The monoisotopic (exact) mass is 183 g/mol. The van der Waals surface area contributed by atoms with Crippen LogP contribution in [0, 0.1) is 5.92 Å². The molecule has 0 spiro atoms. The van der Waals surface area contributed by atoms with E-state index in [9.17, 15) is 4.79 Å². The van der Waals surface area contributed by atoms with Gasteiger partial charge in [-0.05, 0) is 12.0 Å². The summed E-state index contributed by atoms with van der Waals surface area (Å²) in [6.07, 6.45) is 1.62. The molecule has 0 radical (unpaired) electrons. The Labute approximate surface area is 79.4 Å². The summed E-state index contributed by atoms with van der Waals surface area (Å²) in [5, 5.41) is 6.75. The molecule has 13 heavy (non-hydrogen) atoms. The quantitative estimate of drug-likeness (QED) is 0.761. The molecule has 0 atom stereocenters. The van der Waals surface area contributed by atoms with Crippen molar-refractivity contribution in [2.24, 2.45) is 13.0 Å². The molecule has 0 saturated heterocycles. The third-order valence-electron chi connectivity index (χ3n) is 1.72. The first-order valence-corrected chi connectivity index (χ1v) is 4.37. The molecule has 74 valence electrons. The lowest BCUT2D eigenvalue weighted by Crippen LogP contribution is -2.28. The number of rotatable bonds is 3. The zero-order valence-electron chi connectivity index (χ0n) is 8.24. The molecule has 0 unspecified atom stereocenters. The Bertz CT molecular complexity index is 296. The van der Waals surface area contributed by atoms with Crippen LogP contribution in [0.5, 0.6) is 0 Å². The van der Waals surface area contributed by atoms with E-state index in [0.29, 0.717) is 18.2 Å². The average Bonchev–Trinajstić information content (AvgIpc) is 2.47. The summed E-state index contributed by atoms with van der Waals surface area (Å²) in [6.45, 7) is 4.82. The van der Waals surface area contributed by atoms with Crippen LogP contribution in [0.1, 0.15) is 25.8 Å². The Morgan fingerprint density at radius 3 is 2.92 bits per heavy atom. The van der Waals surface area contributed by atoms with Crippen molar-refractivity contribution in [3.05, 3.63) is 18.0 Å². The number of hydrogen-bond acceptors (Lipinski definition) is 2. The number of carbonyl (C=O) groups is 1. The first-order valence-electron chi connectivity index (χ1n) is 4.37. The van der Waals surface area contributed by atoms with Crippen molar-refractivity contribution in [1.82, 2.24) is 15.1 Å². The highest BCUT2D eigenvalue weighted by Gasteiger charge is 2.08. The van der Waals surface area contributed by atoms with E-state index in [4.69, 9.17) is 0 Å². The van der Waals surface area contributed by atoms with Gasteiger partial charge in [0.05, 0.1) is 0 Å². The normalized spacial score (nSPS) is 10.5. The van der Waals surface area contributed by atoms with Gasteiger partial charge in [-0.3, -0.25) is 9.48 Å². The molecule has 0 aliphatic carbocycles. The molecule has 1 N–H and O–H groups in total. The molecular weight excluding hydrogens is 166 g/mol. The highest BCUT2D eigenvalue weighted by atomic mass is 16.2. The van der Waals surface area contributed by atoms with Gasteiger partial charge < -0.3 is 5.32 Å². The van der Waals surface area contributed by atoms with Crippen molar-refractivity contribution in [3.8, 4) is 0 Å². The number of aromatic nitrogens is 2. The minimum Gasteiger partial charge on any atom is -0.350 e. The van der Waals surface area contributed by atoms with E-state index < -0.39 is 0 Å². The maximum absolute atomic E-state index is 11.5. The largest absolute Gasteiger partial charge is 0.350 e. The predicted octanol–water partition coefficient (Wildman–Crippen LogP) is 1.05. The van der Waals surface area contributed by atoms with Crippen molar-refractivity contribution in [2.45, 2.75) is 13.8 Å². The molecule has 1 aromatic heterocycles. The van der Waals surface area contributed by atoms with Gasteiger partial charge in [0.25, 0.3) is 5.91 Å². The molecule has 1 heterocycles. The van der Waals surface area contributed by atoms with Crippen LogP contribution in [0.25, 0.3) is 0 Å². The third-order valence-corrected chi connectivity index (χ3v) is 1.72. The van der Waals surface area contributed by atoms with Crippen LogP contribution in [0.4, 0.5) is 0 Å². The summed E-state index contributed by atoms with van der Waals surface area (Å²) in [6, 6.07) is 1.70. The van der Waals surface area contributed by atoms with Crippen LogP contribution in [0.3, 0.4) is 0 Å². The Balaban J connectivity index is 0.00000169. The lowest BCUT2D eigenvalue weighted by atomic mass is 10.2. The zero-order valence-corrected chi connectivity index (χ0v) is 8.24. The van der Waals surface area contributed by atoms with E-state index in [0.717, 1.165) is 0 Å². The van der Waals surface area contributed by atoms with Gasteiger partial charge in [-0.25, -0.2) is 0 Å². The summed E-state index contributed by atoms with van der Waals surface area (Å²) in [5.74, 6) is 0.408. The predicted molar refractivity (Wildman–Crippen MR) is 52.5 cm³/mol. The third kappa shape index (κ3) is 2.57. The Morgan fingerprint density at radius 2 is 2.46 bits per heavy atom. The minimum absolute atomic E-state index is 0. The average molecular weight is 183 g/mol. The van der Waals surface area contributed by atoms with Gasteiger partial charge in [-0.15, -0.1) is 0 Å². The fraction of sp³-hybridized carbons (Fsp3) is 0.556. The minimum atomic E-state index is -0.0614. The second-order valence-electron chi connectivity index (χ2n) is 3.44. The van der Waals surface area contributed by atoms with E-state index in [1.165, 1.54) is 0 Å². The van der Waals surface area contributed by atoms with E-state index in [1.54, 1.807) is 24.0 Å². The van der Waals surface area contributed by atoms with E-state index in [-0.39, 0.29) is 7.33 Å². The Kier molecular flexibility index (Phi) is 3.06. The van der Waals surface area contributed by atoms with E-state index in [2.05, 4.69) is 24.3 Å². The SMILES string of the molecule is CC(C)CNC(=O)c1ccnn1C.[HH]. The first-order chi connectivity index (χ1) is 6.11. The first kappa shape index (κ1) is 9.77. The topological polar surface area (TPSA) is 46.9 Å². The van der Waals surface area contributed by atoms with Crippen LogP contribution in [0.2, 0.25) is 0 Å². The smallest absolute Gasteiger partial charge is 0.269 e. The van der Waals surface area contributed by atoms with Crippen molar-refractivity contribution < 1.29 is 6.22 Å². The number of nitrogens with one attached hydrogen (secondary N) is 1. The lowest BCUT2D eigenvalue weighted by Gasteiger charge is -2.07. The molecule has 0 saturated carbocycles. The van der Waals surface area contributed by atoms with Crippen LogP contribution in [0.15, 0.2) is 12.3 Å². The number of carbonyl (C=O) groups excluding carboxylic acids is 1. The summed E-state index contributed by atoms with van der Waals surface area (Å²) in [4.78, 5) is 11.5. The molecule has 0 fully saturated rings. The van der Waals surface area contributed by atoms with E-state index in [1.807, 2.05) is 0 Å². The standard InChI is InChI=1S/C9H15N3O.H2/c1-7(2)6-10-9(13)8-4-5-11-12(8)3;/h4-5,7H,6H2,1-3H3,(H,10,13);1H. The van der Waals surface area contributed by atoms with Crippen molar-refractivity contribution in [2.75, 3.05) is 6.54 Å². The van der Waals surface area contributed by atoms with E-state index >= 15 is 0 Å². The molecule has 1 rings (SSSR count). The fourth-order valence-corrected chi connectivity index (χ4v) is 0.984. The summed E-state index contributed by atoms with van der Waals surface area (Å²) in [7, 11) is 1.75. The second kappa shape index (κ2) is 4.07. The van der Waals surface area contributed by atoms with Gasteiger partial charge in [0.15, 0.2) is 0 Å². The highest BCUT2D eigenvalue weighted by Crippen LogP contribution is 1.96. The molecule has 4 nitrogen and oxygen atoms in total. The Hall–Kier alpha value is -1.32. The molecule has 0 aromatic carbocycles. The van der Waals surface area contributed by atoms with Crippen molar-refractivity contribution >= 4 is 5.91 Å². The van der Waals surface area contributed by atoms with Crippen LogP contribution >= 0.6 is 0 Å². The maximum atomic E-state index is 11.5. The van der Waals surface area contributed by atoms with Gasteiger partial charge in [-0.2, -0.15) is 5.10 Å². The highest BCUT2D eigenvalue weighted by molar-refractivity contribution is 5.92. The summed E-state index contributed by atoms with van der Waals surface area (Å²) >= 11 is 0.